The van der Waals surface area contributed by atoms with Gasteiger partial charge in [-0.15, -0.1) is 0 Å². The Hall–Kier alpha value is -1.65. The molecule has 0 radical (unpaired) electrons. The first-order chi connectivity index (χ1) is 11.0. The molecule has 0 bridgehead atoms. The summed E-state index contributed by atoms with van der Waals surface area (Å²) in [6.45, 7) is 8.66. The maximum atomic E-state index is 11.6. The SMILES string of the molecule is CCOC(=O)/C(C)=C/[C@H](C)[C@H](O)[C@@H](C)COCc1ccccc1. The molecule has 4 nitrogen and oxygen atoms in total. The Morgan fingerprint density at radius 2 is 1.91 bits per heavy atom. The van der Waals surface area contributed by atoms with Gasteiger partial charge in [-0.05, 0) is 19.4 Å². The molecule has 0 heterocycles. The van der Waals surface area contributed by atoms with Gasteiger partial charge < -0.3 is 14.6 Å². The molecular formula is C19H28O4. The van der Waals surface area contributed by atoms with Crippen LogP contribution in [-0.2, 0) is 20.9 Å². The van der Waals surface area contributed by atoms with Crippen LogP contribution in [0.3, 0.4) is 0 Å². The standard InChI is InChI=1S/C19H28O4/c1-5-23-19(21)15(3)11-14(2)18(20)16(4)12-22-13-17-9-7-6-8-10-17/h6-11,14,16,18,20H,5,12-13H2,1-4H3/b15-11+/t14-,16-,18-/m0/s1. The van der Waals surface area contributed by atoms with Crippen molar-refractivity contribution in [2.24, 2.45) is 11.8 Å². The van der Waals surface area contributed by atoms with E-state index in [4.69, 9.17) is 9.47 Å². The number of carbonyl (C=O) groups is 1. The minimum absolute atomic E-state index is 0.0278. The van der Waals surface area contributed by atoms with Crippen molar-refractivity contribution in [1.29, 1.82) is 0 Å². The topological polar surface area (TPSA) is 55.8 Å². The Bertz CT molecular complexity index is 495. The van der Waals surface area contributed by atoms with Gasteiger partial charge in [0.15, 0.2) is 0 Å². The second-order valence-corrected chi connectivity index (χ2v) is 5.90. The van der Waals surface area contributed by atoms with Gasteiger partial charge >= 0.3 is 5.97 Å². The summed E-state index contributed by atoms with van der Waals surface area (Å²) in [5.41, 5.74) is 1.64. The van der Waals surface area contributed by atoms with Gasteiger partial charge in [-0.3, -0.25) is 0 Å². The summed E-state index contributed by atoms with van der Waals surface area (Å²) in [5, 5.41) is 10.4. The summed E-state index contributed by atoms with van der Waals surface area (Å²) in [6, 6.07) is 9.93. The van der Waals surface area contributed by atoms with E-state index in [1.807, 2.05) is 44.2 Å². The van der Waals surface area contributed by atoms with Crippen LogP contribution in [0.25, 0.3) is 0 Å². The van der Waals surface area contributed by atoms with Crippen molar-refractivity contribution in [3.8, 4) is 0 Å². The molecule has 0 amide bonds. The highest BCUT2D eigenvalue weighted by Gasteiger charge is 2.21. The average Bonchev–Trinajstić information content (AvgIpc) is 2.55. The Balaban J connectivity index is 2.44. The molecule has 0 aliphatic heterocycles. The normalized spacial score (nSPS) is 15.8. The van der Waals surface area contributed by atoms with Crippen molar-refractivity contribution in [1.82, 2.24) is 0 Å². The van der Waals surface area contributed by atoms with Crippen molar-refractivity contribution in [3.63, 3.8) is 0 Å². The predicted molar refractivity (Wildman–Crippen MR) is 90.8 cm³/mol. The average molecular weight is 320 g/mol. The first kappa shape index (κ1) is 19.4. The smallest absolute Gasteiger partial charge is 0.333 e. The Kier molecular flexibility index (Phi) is 8.59. The molecule has 0 aliphatic rings. The first-order valence-corrected chi connectivity index (χ1v) is 8.11. The molecule has 0 aromatic heterocycles. The van der Waals surface area contributed by atoms with Crippen LogP contribution in [0.2, 0.25) is 0 Å². The Labute approximate surface area is 139 Å². The van der Waals surface area contributed by atoms with Gasteiger partial charge in [-0.25, -0.2) is 4.79 Å². The molecule has 0 fully saturated rings. The summed E-state index contributed by atoms with van der Waals surface area (Å²) in [7, 11) is 0. The van der Waals surface area contributed by atoms with Gasteiger partial charge in [-0.1, -0.05) is 50.3 Å². The molecule has 0 saturated carbocycles. The van der Waals surface area contributed by atoms with E-state index in [0.717, 1.165) is 5.56 Å². The molecule has 0 spiro atoms. The van der Waals surface area contributed by atoms with E-state index in [1.54, 1.807) is 19.9 Å². The zero-order valence-electron chi connectivity index (χ0n) is 14.5. The van der Waals surface area contributed by atoms with Crippen LogP contribution >= 0.6 is 0 Å². The van der Waals surface area contributed by atoms with Gasteiger partial charge in [0.1, 0.15) is 0 Å². The lowest BCUT2D eigenvalue weighted by atomic mass is 9.92. The van der Waals surface area contributed by atoms with Crippen LogP contribution in [-0.4, -0.2) is 30.4 Å². The van der Waals surface area contributed by atoms with Crippen LogP contribution in [0.4, 0.5) is 0 Å². The summed E-state index contributed by atoms with van der Waals surface area (Å²) in [5.74, 6) is -0.505. The van der Waals surface area contributed by atoms with Crippen molar-refractivity contribution >= 4 is 5.97 Å². The number of hydrogen-bond acceptors (Lipinski definition) is 4. The summed E-state index contributed by atoms with van der Waals surface area (Å²) < 4.78 is 10.6. The molecule has 23 heavy (non-hydrogen) atoms. The molecule has 3 atom stereocenters. The molecule has 1 aromatic carbocycles. The highest BCUT2D eigenvalue weighted by Crippen LogP contribution is 2.17. The molecule has 0 aliphatic carbocycles. The number of aliphatic hydroxyl groups is 1. The van der Waals surface area contributed by atoms with Crippen LogP contribution in [0.5, 0.6) is 0 Å². The van der Waals surface area contributed by atoms with E-state index in [9.17, 15) is 9.90 Å². The quantitative estimate of drug-likeness (QED) is 0.560. The predicted octanol–water partition coefficient (Wildman–Crippen LogP) is 3.35. The van der Waals surface area contributed by atoms with Crippen LogP contribution in [0.1, 0.15) is 33.3 Å². The summed E-state index contributed by atoms with van der Waals surface area (Å²) >= 11 is 0. The van der Waals surface area contributed by atoms with Crippen molar-refractivity contribution < 1.29 is 19.4 Å². The van der Waals surface area contributed by atoms with Gasteiger partial charge in [0, 0.05) is 17.4 Å². The molecule has 0 saturated heterocycles. The number of aliphatic hydroxyl groups excluding tert-OH is 1. The third-order valence-electron chi connectivity index (χ3n) is 3.72. The maximum Gasteiger partial charge on any atom is 0.333 e. The largest absolute Gasteiger partial charge is 0.463 e. The molecule has 4 heteroatoms. The Morgan fingerprint density at radius 3 is 2.52 bits per heavy atom. The van der Waals surface area contributed by atoms with E-state index < -0.39 is 6.10 Å². The van der Waals surface area contributed by atoms with Gasteiger partial charge in [0.2, 0.25) is 0 Å². The van der Waals surface area contributed by atoms with Gasteiger partial charge in [-0.2, -0.15) is 0 Å². The van der Waals surface area contributed by atoms with E-state index in [-0.39, 0.29) is 17.8 Å². The van der Waals surface area contributed by atoms with E-state index >= 15 is 0 Å². The fraction of sp³-hybridized carbons (Fsp3) is 0.526. The fourth-order valence-electron chi connectivity index (χ4n) is 2.36. The first-order valence-electron chi connectivity index (χ1n) is 8.11. The monoisotopic (exact) mass is 320 g/mol. The number of esters is 1. The number of carbonyl (C=O) groups excluding carboxylic acids is 1. The van der Waals surface area contributed by atoms with E-state index in [0.29, 0.717) is 25.4 Å². The zero-order valence-corrected chi connectivity index (χ0v) is 14.5. The summed E-state index contributed by atoms with van der Waals surface area (Å²) in [4.78, 5) is 11.6. The van der Waals surface area contributed by atoms with Crippen LogP contribution < -0.4 is 0 Å². The number of hydrogen-bond donors (Lipinski definition) is 1. The number of ether oxygens (including phenoxy) is 2. The van der Waals surface area contributed by atoms with Gasteiger partial charge in [0.05, 0.1) is 25.9 Å². The molecular weight excluding hydrogens is 292 g/mol. The minimum Gasteiger partial charge on any atom is -0.463 e. The highest BCUT2D eigenvalue weighted by atomic mass is 16.5. The minimum atomic E-state index is -0.574. The van der Waals surface area contributed by atoms with E-state index in [1.165, 1.54) is 0 Å². The third-order valence-corrected chi connectivity index (χ3v) is 3.72. The molecule has 1 rings (SSSR count). The molecule has 1 aromatic rings. The van der Waals surface area contributed by atoms with E-state index in [2.05, 4.69) is 0 Å². The van der Waals surface area contributed by atoms with Crippen molar-refractivity contribution in [2.45, 2.75) is 40.4 Å². The molecule has 1 N–H and O–H groups in total. The van der Waals surface area contributed by atoms with Crippen molar-refractivity contribution in [2.75, 3.05) is 13.2 Å². The lowest BCUT2D eigenvalue weighted by molar-refractivity contribution is -0.138. The summed E-state index contributed by atoms with van der Waals surface area (Å²) in [6.07, 6.45) is 1.19. The molecule has 0 unspecified atom stereocenters. The third kappa shape index (κ3) is 6.97. The molecule has 128 valence electrons. The lowest BCUT2D eigenvalue weighted by Crippen LogP contribution is -2.28. The lowest BCUT2D eigenvalue weighted by Gasteiger charge is -2.23. The number of rotatable bonds is 9. The number of benzene rings is 1. The van der Waals surface area contributed by atoms with Crippen LogP contribution in [0, 0.1) is 11.8 Å². The van der Waals surface area contributed by atoms with Crippen LogP contribution in [0.15, 0.2) is 42.0 Å². The second kappa shape index (κ2) is 10.2. The second-order valence-electron chi connectivity index (χ2n) is 5.90. The van der Waals surface area contributed by atoms with Gasteiger partial charge in [0.25, 0.3) is 0 Å². The fourth-order valence-corrected chi connectivity index (χ4v) is 2.36. The zero-order chi connectivity index (χ0) is 17.2. The highest BCUT2D eigenvalue weighted by molar-refractivity contribution is 5.87. The Morgan fingerprint density at radius 1 is 1.26 bits per heavy atom. The maximum absolute atomic E-state index is 11.6. The van der Waals surface area contributed by atoms with Crippen molar-refractivity contribution in [3.05, 3.63) is 47.5 Å².